The molecule has 1 atom stereocenters. The molecule has 1 unspecified atom stereocenters. The lowest BCUT2D eigenvalue weighted by atomic mass is 10.1. The summed E-state index contributed by atoms with van der Waals surface area (Å²) in [4.78, 5) is 13.1. The van der Waals surface area contributed by atoms with Gasteiger partial charge in [-0.3, -0.25) is 0 Å². The van der Waals surface area contributed by atoms with E-state index in [1.165, 1.54) is 23.3 Å². The van der Waals surface area contributed by atoms with Gasteiger partial charge in [-0.1, -0.05) is 30.0 Å². The van der Waals surface area contributed by atoms with Crippen LogP contribution in [-0.2, 0) is 6.54 Å². The number of rotatable bonds is 2. The number of thioether (sulfide) groups is 1. The van der Waals surface area contributed by atoms with Crippen LogP contribution in [0.5, 0.6) is 0 Å². The van der Waals surface area contributed by atoms with Gasteiger partial charge in [-0.25, -0.2) is 9.97 Å². The third kappa shape index (κ3) is 2.23. The van der Waals surface area contributed by atoms with Crippen LogP contribution in [0, 0.1) is 6.92 Å². The van der Waals surface area contributed by atoms with E-state index in [1.54, 1.807) is 11.8 Å². The highest BCUT2D eigenvalue weighted by Gasteiger charge is 2.26. The summed E-state index contributed by atoms with van der Waals surface area (Å²) in [6.45, 7) is 3.17. The fraction of sp³-hybridized carbons (Fsp3) is 0.263. The standard InChI is InChI=1S/C19H18N4S/c1-12-8-9-13-15(11-12)22-19(21-13)24-17-7-4-10-23-16-6-3-2-5-14(16)20-18(17)23/h2-3,5-6,8-9,11,17H,4,7,10H2,1H3,(H,21,22). The Morgan fingerprint density at radius 1 is 1.12 bits per heavy atom. The van der Waals surface area contributed by atoms with Crippen molar-refractivity contribution in [1.29, 1.82) is 0 Å². The summed E-state index contributed by atoms with van der Waals surface area (Å²) < 4.78 is 2.38. The number of imidazole rings is 2. The van der Waals surface area contributed by atoms with Gasteiger partial charge >= 0.3 is 0 Å². The van der Waals surface area contributed by atoms with Crippen LogP contribution in [0.4, 0.5) is 0 Å². The summed E-state index contributed by atoms with van der Waals surface area (Å²) in [7, 11) is 0. The number of aromatic amines is 1. The van der Waals surface area contributed by atoms with Crippen molar-refractivity contribution in [3.8, 4) is 0 Å². The molecule has 0 spiro atoms. The van der Waals surface area contributed by atoms with Crippen LogP contribution in [-0.4, -0.2) is 19.5 Å². The van der Waals surface area contributed by atoms with Gasteiger partial charge in [-0.05, 0) is 49.6 Å². The normalized spacial score (nSPS) is 17.5. The number of nitrogens with one attached hydrogen (secondary N) is 1. The summed E-state index contributed by atoms with van der Waals surface area (Å²) in [5.74, 6) is 1.18. The summed E-state index contributed by atoms with van der Waals surface area (Å²) in [6.07, 6.45) is 2.33. The molecule has 0 amide bonds. The van der Waals surface area contributed by atoms with Crippen molar-refractivity contribution in [3.05, 3.63) is 53.9 Å². The number of H-pyrrole nitrogens is 1. The Hall–Kier alpha value is -2.27. The number of benzene rings is 2. The maximum Gasteiger partial charge on any atom is 0.167 e. The minimum Gasteiger partial charge on any atom is -0.333 e. The van der Waals surface area contributed by atoms with Crippen molar-refractivity contribution in [3.63, 3.8) is 0 Å². The van der Waals surface area contributed by atoms with E-state index >= 15 is 0 Å². The number of hydrogen-bond acceptors (Lipinski definition) is 3. The van der Waals surface area contributed by atoms with Crippen LogP contribution in [0.15, 0.2) is 47.6 Å². The molecule has 120 valence electrons. The first-order chi connectivity index (χ1) is 11.8. The van der Waals surface area contributed by atoms with Crippen molar-refractivity contribution in [2.24, 2.45) is 0 Å². The Morgan fingerprint density at radius 2 is 2.04 bits per heavy atom. The molecule has 1 N–H and O–H groups in total. The number of fused-ring (bicyclic) bond motifs is 4. The van der Waals surface area contributed by atoms with Crippen LogP contribution in [0.25, 0.3) is 22.1 Å². The Balaban J connectivity index is 1.53. The highest BCUT2D eigenvalue weighted by molar-refractivity contribution is 7.99. The number of aryl methyl sites for hydroxylation is 2. The van der Waals surface area contributed by atoms with Gasteiger partial charge in [0.25, 0.3) is 0 Å². The van der Waals surface area contributed by atoms with Gasteiger partial charge in [-0.2, -0.15) is 0 Å². The minimum atomic E-state index is 0.354. The molecule has 2 aromatic heterocycles. The highest BCUT2D eigenvalue weighted by atomic mass is 32.2. The quantitative estimate of drug-likeness (QED) is 0.570. The van der Waals surface area contributed by atoms with Gasteiger partial charge < -0.3 is 9.55 Å². The number of para-hydroxylation sites is 2. The van der Waals surface area contributed by atoms with E-state index in [0.717, 1.165) is 34.7 Å². The molecule has 4 nitrogen and oxygen atoms in total. The minimum absolute atomic E-state index is 0.354. The molecule has 4 aromatic rings. The smallest absolute Gasteiger partial charge is 0.167 e. The van der Waals surface area contributed by atoms with Crippen LogP contribution >= 0.6 is 11.8 Å². The average molecular weight is 334 g/mol. The van der Waals surface area contributed by atoms with Gasteiger partial charge in [0.15, 0.2) is 5.16 Å². The molecule has 1 aliphatic heterocycles. The second kappa shape index (κ2) is 5.38. The number of nitrogens with zero attached hydrogens (tertiary/aromatic N) is 3. The van der Waals surface area contributed by atoms with E-state index in [-0.39, 0.29) is 0 Å². The van der Waals surface area contributed by atoms with Crippen molar-refractivity contribution in [2.75, 3.05) is 0 Å². The molecule has 0 saturated heterocycles. The molecule has 5 heteroatoms. The average Bonchev–Trinajstić information content (AvgIpc) is 3.16. The van der Waals surface area contributed by atoms with Crippen LogP contribution in [0.3, 0.4) is 0 Å². The third-order valence-corrected chi connectivity index (χ3v) is 5.84. The molecule has 0 radical (unpaired) electrons. The molecule has 3 heterocycles. The first kappa shape index (κ1) is 14.1. The van der Waals surface area contributed by atoms with E-state index in [1.807, 2.05) is 0 Å². The van der Waals surface area contributed by atoms with Crippen molar-refractivity contribution < 1.29 is 0 Å². The van der Waals surface area contributed by atoms with E-state index in [2.05, 4.69) is 58.9 Å². The van der Waals surface area contributed by atoms with E-state index in [9.17, 15) is 0 Å². The highest BCUT2D eigenvalue weighted by Crippen LogP contribution is 2.41. The van der Waals surface area contributed by atoms with E-state index < -0.39 is 0 Å². The summed E-state index contributed by atoms with van der Waals surface area (Å²) in [5.41, 5.74) is 5.75. The van der Waals surface area contributed by atoms with Gasteiger partial charge in [0.2, 0.25) is 0 Å². The molecule has 0 bridgehead atoms. The van der Waals surface area contributed by atoms with Crippen molar-refractivity contribution >= 4 is 33.8 Å². The zero-order valence-electron chi connectivity index (χ0n) is 13.5. The lowest BCUT2D eigenvalue weighted by Crippen LogP contribution is -2.14. The van der Waals surface area contributed by atoms with Crippen LogP contribution in [0.1, 0.15) is 29.5 Å². The summed E-state index contributed by atoms with van der Waals surface area (Å²) >= 11 is 1.80. The number of hydrogen-bond donors (Lipinski definition) is 1. The van der Waals surface area contributed by atoms with E-state index in [4.69, 9.17) is 9.97 Å². The molecule has 0 fully saturated rings. The van der Waals surface area contributed by atoms with Crippen LogP contribution < -0.4 is 0 Å². The summed E-state index contributed by atoms with van der Waals surface area (Å²) in [6, 6.07) is 14.8. The molecule has 0 aliphatic carbocycles. The SMILES string of the molecule is Cc1ccc2nc(SC3CCCn4c3nc3ccccc34)[nH]c2c1. The second-order valence-corrected chi connectivity index (χ2v) is 7.61. The predicted octanol–water partition coefficient (Wildman–Crippen LogP) is 4.85. The molecular weight excluding hydrogens is 316 g/mol. The lowest BCUT2D eigenvalue weighted by molar-refractivity contribution is 0.525. The fourth-order valence-electron chi connectivity index (χ4n) is 3.54. The monoisotopic (exact) mass is 334 g/mol. The predicted molar refractivity (Wildman–Crippen MR) is 98.4 cm³/mol. The Bertz CT molecular complexity index is 1050. The topological polar surface area (TPSA) is 46.5 Å². The second-order valence-electron chi connectivity index (χ2n) is 6.42. The first-order valence-corrected chi connectivity index (χ1v) is 9.24. The maximum absolute atomic E-state index is 4.90. The molecular formula is C19H18N4S. The van der Waals surface area contributed by atoms with Gasteiger partial charge in [0, 0.05) is 6.54 Å². The largest absolute Gasteiger partial charge is 0.333 e. The number of aromatic nitrogens is 4. The Morgan fingerprint density at radius 3 is 3.00 bits per heavy atom. The molecule has 24 heavy (non-hydrogen) atoms. The molecule has 2 aromatic carbocycles. The van der Waals surface area contributed by atoms with Crippen molar-refractivity contribution in [1.82, 2.24) is 19.5 Å². The zero-order valence-corrected chi connectivity index (χ0v) is 14.3. The third-order valence-electron chi connectivity index (χ3n) is 4.69. The molecule has 0 saturated carbocycles. The summed E-state index contributed by atoms with van der Waals surface area (Å²) in [5, 5.41) is 1.34. The molecule has 5 rings (SSSR count). The Kier molecular flexibility index (Phi) is 3.16. The van der Waals surface area contributed by atoms with Crippen molar-refractivity contribution in [2.45, 2.75) is 36.7 Å². The maximum atomic E-state index is 4.90. The lowest BCUT2D eigenvalue weighted by Gasteiger charge is -2.22. The van der Waals surface area contributed by atoms with Gasteiger partial charge in [-0.15, -0.1) is 0 Å². The van der Waals surface area contributed by atoms with Crippen LogP contribution in [0.2, 0.25) is 0 Å². The fourth-order valence-corrected chi connectivity index (χ4v) is 4.70. The van der Waals surface area contributed by atoms with Gasteiger partial charge in [0.1, 0.15) is 5.82 Å². The first-order valence-electron chi connectivity index (χ1n) is 8.36. The van der Waals surface area contributed by atoms with E-state index in [0.29, 0.717) is 5.25 Å². The molecule has 1 aliphatic rings. The zero-order chi connectivity index (χ0) is 16.1. The Labute approximate surface area is 144 Å². The van der Waals surface area contributed by atoms with Gasteiger partial charge in [0.05, 0.1) is 27.3 Å².